The van der Waals surface area contributed by atoms with E-state index in [0.717, 1.165) is 29.7 Å². The summed E-state index contributed by atoms with van der Waals surface area (Å²) in [6, 6.07) is 14.9. The Morgan fingerprint density at radius 3 is 2.26 bits per heavy atom. The number of ether oxygens (including phenoxy) is 3. The number of rotatable bonds is 10. The molecular weight excluding hydrogens is 430 g/mol. The highest BCUT2D eigenvalue weighted by atomic mass is 16.5. The number of benzene rings is 2. The van der Waals surface area contributed by atoms with Crippen molar-refractivity contribution in [3.63, 3.8) is 0 Å². The minimum Gasteiger partial charge on any atom is -0.493 e. The molecule has 184 valence electrons. The number of hydrogen-bond acceptors (Lipinski definition) is 5. The summed E-state index contributed by atoms with van der Waals surface area (Å²) < 4.78 is 16.3. The molecule has 2 unspecified atom stereocenters. The molecule has 0 bridgehead atoms. The van der Waals surface area contributed by atoms with Gasteiger partial charge in [-0.05, 0) is 67.5 Å². The molecule has 1 amide bonds. The quantitative estimate of drug-likeness (QED) is 0.485. The summed E-state index contributed by atoms with van der Waals surface area (Å²) in [7, 11) is 1.36. The van der Waals surface area contributed by atoms with Gasteiger partial charge in [0.2, 0.25) is 5.91 Å². The monoisotopic (exact) mass is 467 g/mol. The fraction of sp³-hybridized carbons (Fsp3) is 0.500. The zero-order chi connectivity index (χ0) is 24.6. The van der Waals surface area contributed by atoms with E-state index < -0.39 is 5.41 Å². The van der Waals surface area contributed by atoms with Gasteiger partial charge in [-0.15, -0.1) is 0 Å². The lowest BCUT2D eigenvalue weighted by Crippen LogP contribution is -2.48. The Hall–Kier alpha value is -2.86. The van der Waals surface area contributed by atoms with Crippen LogP contribution in [-0.2, 0) is 19.7 Å². The van der Waals surface area contributed by atoms with Crippen LogP contribution < -0.4 is 10.1 Å². The number of carbonyl (C=O) groups excluding carboxylic acids is 2. The normalized spacial score (nSPS) is 16.8. The molecular formula is C28H37NO5. The van der Waals surface area contributed by atoms with Crippen molar-refractivity contribution >= 4 is 11.9 Å². The standard InChI is InChI=1S/C28H37NO5/c1-5-6-20(2)19-34-25-13-11-24(12-14-25)28(15-17-33-18-16-28)27(31)29-21(3)22-7-9-23(10-8-22)26(30)32-4/h7-14,20-21H,5-6,15-19H2,1-4H3,(H,29,31). The van der Waals surface area contributed by atoms with Crippen molar-refractivity contribution < 1.29 is 23.8 Å². The second-order valence-electron chi connectivity index (χ2n) is 9.23. The highest BCUT2D eigenvalue weighted by molar-refractivity contribution is 5.90. The molecule has 1 aliphatic heterocycles. The van der Waals surface area contributed by atoms with E-state index in [-0.39, 0.29) is 17.9 Å². The fourth-order valence-corrected chi connectivity index (χ4v) is 4.50. The molecule has 2 aromatic carbocycles. The fourth-order valence-electron chi connectivity index (χ4n) is 4.50. The third-order valence-corrected chi connectivity index (χ3v) is 6.68. The molecule has 6 nitrogen and oxygen atoms in total. The van der Waals surface area contributed by atoms with E-state index in [0.29, 0.717) is 44.1 Å². The first-order chi connectivity index (χ1) is 16.4. The third-order valence-electron chi connectivity index (χ3n) is 6.68. The Bertz CT molecular complexity index is 932. The van der Waals surface area contributed by atoms with Crippen LogP contribution in [0.15, 0.2) is 48.5 Å². The van der Waals surface area contributed by atoms with Gasteiger partial charge in [-0.1, -0.05) is 44.5 Å². The lowest BCUT2D eigenvalue weighted by atomic mass is 9.73. The van der Waals surface area contributed by atoms with Crippen LogP contribution in [0.5, 0.6) is 5.75 Å². The Morgan fingerprint density at radius 2 is 1.68 bits per heavy atom. The maximum absolute atomic E-state index is 13.6. The van der Waals surface area contributed by atoms with Crippen LogP contribution in [0.4, 0.5) is 0 Å². The van der Waals surface area contributed by atoms with Crippen LogP contribution in [-0.4, -0.2) is 38.8 Å². The smallest absolute Gasteiger partial charge is 0.337 e. The molecule has 0 saturated carbocycles. The van der Waals surface area contributed by atoms with Crippen LogP contribution in [0.25, 0.3) is 0 Å². The average Bonchev–Trinajstić information content (AvgIpc) is 2.88. The summed E-state index contributed by atoms with van der Waals surface area (Å²) in [4.78, 5) is 25.3. The summed E-state index contributed by atoms with van der Waals surface area (Å²) in [5.74, 6) is 0.955. The zero-order valence-corrected chi connectivity index (χ0v) is 20.8. The number of nitrogens with one attached hydrogen (secondary N) is 1. The molecule has 0 aliphatic carbocycles. The van der Waals surface area contributed by atoms with Gasteiger partial charge in [0.05, 0.1) is 30.7 Å². The predicted octanol–water partition coefficient (Wildman–Crippen LogP) is 5.21. The topological polar surface area (TPSA) is 73.9 Å². The highest BCUT2D eigenvalue weighted by Gasteiger charge is 2.42. The van der Waals surface area contributed by atoms with Crippen LogP contribution in [0, 0.1) is 5.92 Å². The van der Waals surface area contributed by atoms with Crippen molar-refractivity contribution in [2.45, 2.75) is 57.9 Å². The first kappa shape index (κ1) is 25.8. The lowest BCUT2D eigenvalue weighted by Gasteiger charge is -2.37. The number of amides is 1. The second kappa shape index (κ2) is 12.0. The average molecular weight is 468 g/mol. The number of methoxy groups -OCH3 is 1. The summed E-state index contributed by atoms with van der Waals surface area (Å²) in [6.45, 7) is 8.11. The molecule has 0 radical (unpaired) electrons. The van der Waals surface area contributed by atoms with Gasteiger partial charge in [0, 0.05) is 13.2 Å². The van der Waals surface area contributed by atoms with Gasteiger partial charge in [0.15, 0.2) is 0 Å². The van der Waals surface area contributed by atoms with Crippen molar-refractivity contribution in [1.29, 1.82) is 0 Å². The number of hydrogen-bond donors (Lipinski definition) is 1. The summed E-state index contributed by atoms with van der Waals surface area (Å²) in [6.07, 6.45) is 3.54. The molecule has 2 aromatic rings. The van der Waals surface area contributed by atoms with E-state index in [1.165, 1.54) is 7.11 Å². The van der Waals surface area contributed by atoms with Crippen LogP contribution in [0.1, 0.15) is 74.0 Å². The Morgan fingerprint density at radius 1 is 1.03 bits per heavy atom. The summed E-state index contributed by atoms with van der Waals surface area (Å²) in [5, 5.41) is 3.19. The Balaban J connectivity index is 1.72. The van der Waals surface area contributed by atoms with E-state index in [9.17, 15) is 9.59 Å². The van der Waals surface area contributed by atoms with Gasteiger partial charge in [0.1, 0.15) is 5.75 Å². The van der Waals surface area contributed by atoms with Gasteiger partial charge in [0.25, 0.3) is 0 Å². The van der Waals surface area contributed by atoms with Gasteiger partial charge >= 0.3 is 5.97 Å². The molecule has 1 heterocycles. The first-order valence-electron chi connectivity index (χ1n) is 12.2. The van der Waals surface area contributed by atoms with Gasteiger partial charge < -0.3 is 19.5 Å². The molecule has 1 saturated heterocycles. The van der Waals surface area contributed by atoms with Crippen LogP contribution in [0.3, 0.4) is 0 Å². The lowest BCUT2D eigenvalue weighted by molar-refractivity contribution is -0.131. The minimum absolute atomic E-state index is 0.00872. The van der Waals surface area contributed by atoms with E-state index >= 15 is 0 Å². The molecule has 1 N–H and O–H groups in total. The molecule has 1 aliphatic rings. The van der Waals surface area contributed by atoms with Gasteiger partial charge in [-0.2, -0.15) is 0 Å². The molecule has 6 heteroatoms. The van der Waals surface area contributed by atoms with Crippen LogP contribution in [0.2, 0.25) is 0 Å². The largest absolute Gasteiger partial charge is 0.493 e. The Kier molecular flexibility index (Phi) is 9.11. The maximum atomic E-state index is 13.6. The SMILES string of the molecule is CCCC(C)COc1ccc(C2(C(=O)NC(C)c3ccc(C(=O)OC)cc3)CCOCC2)cc1. The van der Waals surface area contributed by atoms with E-state index in [2.05, 4.69) is 19.2 Å². The predicted molar refractivity (Wildman–Crippen MR) is 132 cm³/mol. The third kappa shape index (κ3) is 6.17. The van der Waals surface area contributed by atoms with E-state index in [1.807, 2.05) is 43.3 Å². The van der Waals surface area contributed by atoms with Crippen molar-refractivity contribution in [3.8, 4) is 5.75 Å². The summed E-state index contributed by atoms with van der Waals surface area (Å²) in [5.41, 5.74) is 1.74. The molecule has 3 rings (SSSR count). The molecule has 0 aromatic heterocycles. The van der Waals surface area contributed by atoms with Gasteiger partial charge in [-0.3, -0.25) is 4.79 Å². The minimum atomic E-state index is -0.646. The summed E-state index contributed by atoms with van der Waals surface area (Å²) >= 11 is 0. The van der Waals surface area contributed by atoms with Gasteiger partial charge in [-0.25, -0.2) is 4.79 Å². The Labute approximate surface area is 203 Å². The molecule has 0 spiro atoms. The van der Waals surface area contributed by atoms with Crippen molar-refractivity contribution in [1.82, 2.24) is 5.32 Å². The second-order valence-corrected chi connectivity index (χ2v) is 9.23. The zero-order valence-electron chi connectivity index (χ0n) is 20.8. The first-order valence-corrected chi connectivity index (χ1v) is 12.2. The molecule has 34 heavy (non-hydrogen) atoms. The molecule has 1 fully saturated rings. The van der Waals surface area contributed by atoms with Crippen molar-refractivity contribution in [3.05, 3.63) is 65.2 Å². The van der Waals surface area contributed by atoms with E-state index in [4.69, 9.17) is 14.2 Å². The van der Waals surface area contributed by atoms with E-state index in [1.54, 1.807) is 12.1 Å². The number of carbonyl (C=O) groups is 2. The van der Waals surface area contributed by atoms with Crippen LogP contribution >= 0.6 is 0 Å². The highest BCUT2D eigenvalue weighted by Crippen LogP contribution is 2.37. The van der Waals surface area contributed by atoms with Crippen molar-refractivity contribution in [2.24, 2.45) is 5.92 Å². The van der Waals surface area contributed by atoms with Crippen molar-refractivity contribution in [2.75, 3.05) is 26.9 Å². The maximum Gasteiger partial charge on any atom is 0.337 e. The molecule has 2 atom stereocenters. The number of esters is 1.